The van der Waals surface area contributed by atoms with E-state index in [0.29, 0.717) is 44.9 Å². The Bertz CT molecular complexity index is 1240. The van der Waals surface area contributed by atoms with Gasteiger partial charge in [-0.05, 0) is 114 Å². The molecule has 15 nitrogen and oxygen atoms in total. The fraction of sp³-hybridized carbons (Fsp3) is 1.00. The molecule has 57 heavy (non-hydrogen) atoms. The zero-order chi connectivity index (χ0) is 43.6. The summed E-state index contributed by atoms with van der Waals surface area (Å²) < 4.78 is 129. The summed E-state index contributed by atoms with van der Waals surface area (Å²) in [6.07, 6.45) is 4.29. The topological polar surface area (TPSA) is 178 Å². The Balaban J connectivity index is 6.83. The highest BCUT2D eigenvalue weighted by atomic mass is 31.2. The minimum absolute atomic E-state index is 0.0787. The Morgan fingerprint density at radius 1 is 0.316 bits per heavy atom. The van der Waals surface area contributed by atoms with Crippen LogP contribution in [0.5, 0.6) is 0 Å². The molecule has 0 aromatic rings. The molecule has 0 heterocycles. The van der Waals surface area contributed by atoms with Crippen LogP contribution in [-0.2, 0) is 68.1 Å². The monoisotopic (exact) mass is 920 g/mol. The second-order valence-corrected chi connectivity index (χ2v) is 25.0. The van der Waals surface area contributed by atoms with E-state index in [9.17, 15) is 22.8 Å². The van der Waals surface area contributed by atoms with Gasteiger partial charge in [0.05, 0.1) is 94.4 Å². The van der Waals surface area contributed by atoms with Crippen LogP contribution in [0.25, 0.3) is 0 Å². The Hall–Kier alpha value is 0.750. The van der Waals surface area contributed by atoms with E-state index in [1.54, 1.807) is 76.2 Å². The van der Waals surface area contributed by atoms with Crippen LogP contribution in [0.2, 0.25) is 0 Å². The average Bonchev–Trinajstić information content (AvgIpc) is 3.14. The summed E-state index contributed by atoms with van der Waals surface area (Å²) in [5, 5.41) is 0. The molecule has 0 spiro atoms. The summed E-state index contributed by atoms with van der Waals surface area (Å²) in [4.78, 5) is 0. The summed E-state index contributed by atoms with van der Waals surface area (Å²) in [7, 11) is -18.3. The lowest BCUT2D eigenvalue weighted by atomic mass is 10.0. The first-order valence-electron chi connectivity index (χ1n) is 21.5. The SMILES string of the molecule is CCOP(=O)(OCC)C(C)CCC(C(CCCCC(CCCC(CC)P(=O)(OCC)OCC)P(=O)(OCC)OCC)P(=O)(OCC)OCC)P(=O)(OCC)OCC. The predicted octanol–water partition coefficient (Wildman–Crippen LogP) is 13.1. The second kappa shape index (κ2) is 30.7. The molecule has 0 aromatic heterocycles. The molecule has 0 amide bonds. The molecule has 0 saturated heterocycles. The largest absolute Gasteiger partial charge is 0.334 e. The summed E-state index contributed by atoms with van der Waals surface area (Å²) >= 11 is 0. The highest BCUT2D eigenvalue weighted by Crippen LogP contribution is 2.67. The first kappa shape index (κ1) is 57.8. The number of unbranched alkanes of at least 4 members (excludes halogenated alkanes) is 1. The quantitative estimate of drug-likeness (QED) is 0.0420. The highest BCUT2D eigenvalue weighted by Gasteiger charge is 2.51. The maximum Gasteiger partial charge on any atom is 0.334 e. The fourth-order valence-electron chi connectivity index (χ4n) is 7.11. The maximum absolute atomic E-state index is 14.8. The normalized spacial score (nSPS) is 16.1. The Morgan fingerprint density at radius 3 is 0.965 bits per heavy atom. The molecule has 344 valence electrons. The molecular weight excluding hydrogens is 839 g/mol. The van der Waals surface area contributed by atoms with E-state index < -0.39 is 60.6 Å². The Morgan fingerprint density at radius 2 is 0.596 bits per heavy atom. The molecule has 0 rings (SSSR count). The minimum Gasteiger partial charge on any atom is -0.309 e. The molecule has 5 atom stereocenters. The van der Waals surface area contributed by atoms with Crippen molar-refractivity contribution in [3.05, 3.63) is 0 Å². The van der Waals surface area contributed by atoms with Gasteiger partial charge in [0.15, 0.2) is 0 Å². The highest BCUT2D eigenvalue weighted by molar-refractivity contribution is 7.59. The molecule has 5 unspecified atom stereocenters. The molecule has 0 fully saturated rings. The van der Waals surface area contributed by atoms with Crippen molar-refractivity contribution in [1.29, 1.82) is 0 Å². The first-order chi connectivity index (χ1) is 27.0. The molecule has 0 aliphatic rings. The third kappa shape index (κ3) is 18.9. The van der Waals surface area contributed by atoms with Gasteiger partial charge in [-0.15, -0.1) is 0 Å². The number of hydrogen-bond acceptors (Lipinski definition) is 15. The standard InChI is InChI=1S/C37H81O15P5/c1-13-34(54(39,45-16-4)46-17-5)28-26-29-35(55(40,47-18-6)48-19-7)27-24-25-30-36(56(41,49-20-8)50-21-9)37(57(42,51-22-10)52-23-11)32-31-33(12)53(38,43-14-2)44-15-3/h33-37H,13-32H2,1-12H3. The molecule has 0 bridgehead atoms. The molecule has 0 N–H and O–H groups in total. The molecule has 0 aromatic carbocycles. The zero-order valence-corrected chi connectivity index (χ0v) is 41.9. The van der Waals surface area contributed by atoms with Crippen molar-refractivity contribution >= 4 is 38.0 Å². The van der Waals surface area contributed by atoms with Gasteiger partial charge in [-0.25, -0.2) is 0 Å². The lowest BCUT2D eigenvalue weighted by Gasteiger charge is -2.37. The van der Waals surface area contributed by atoms with Gasteiger partial charge in [0.25, 0.3) is 0 Å². The van der Waals surface area contributed by atoms with Crippen molar-refractivity contribution in [2.45, 2.75) is 176 Å². The van der Waals surface area contributed by atoms with Crippen molar-refractivity contribution in [3.63, 3.8) is 0 Å². The first-order valence-corrected chi connectivity index (χ1v) is 29.5. The minimum atomic E-state index is -3.96. The third-order valence-corrected chi connectivity index (χ3v) is 23.0. The van der Waals surface area contributed by atoms with Crippen LogP contribution in [0.1, 0.15) is 147 Å². The Labute approximate surface area is 346 Å². The van der Waals surface area contributed by atoms with E-state index in [4.69, 9.17) is 45.2 Å². The average molecular weight is 921 g/mol. The van der Waals surface area contributed by atoms with Gasteiger partial charge in [-0.2, -0.15) is 0 Å². The van der Waals surface area contributed by atoms with E-state index >= 15 is 0 Å². The van der Waals surface area contributed by atoms with Crippen LogP contribution in [-0.4, -0.2) is 94.4 Å². The van der Waals surface area contributed by atoms with E-state index in [1.165, 1.54) is 0 Å². The van der Waals surface area contributed by atoms with Crippen molar-refractivity contribution in [2.24, 2.45) is 0 Å². The second-order valence-electron chi connectivity index (χ2n) is 13.4. The summed E-state index contributed by atoms with van der Waals surface area (Å²) in [5.74, 6) is 0. The van der Waals surface area contributed by atoms with Crippen LogP contribution in [0.4, 0.5) is 0 Å². The van der Waals surface area contributed by atoms with Crippen molar-refractivity contribution in [1.82, 2.24) is 0 Å². The van der Waals surface area contributed by atoms with Gasteiger partial charge in [0.1, 0.15) is 0 Å². The van der Waals surface area contributed by atoms with Crippen LogP contribution in [0.3, 0.4) is 0 Å². The van der Waals surface area contributed by atoms with Crippen molar-refractivity contribution in [2.75, 3.05) is 66.1 Å². The van der Waals surface area contributed by atoms with Crippen molar-refractivity contribution < 1.29 is 68.1 Å². The maximum atomic E-state index is 14.8. The van der Waals surface area contributed by atoms with Gasteiger partial charge in [-0.1, -0.05) is 33.1 Å². The molecule has 0 radical (unpaired) electrons. The van der Waals surface area contributed by atoms with Gasteiger partial charge in [0, 0.05) is 0 Å². The number of rotatable bonds is 39. The van der Waals surface area contributed by atoms with Gasteiger partial charge in [0.2, 0.25) is 0 Å². The molecular formula is C37H81O15P5. The Kier molecular flexibility index (Phi) is 31.1. The summed E-state index contributed by atoms with van der Waals surface area (Å²) in [6.45, 7) is 22.9. The molecule has 0 saturated carbocycles. The van der Waals surface area contributed by atoms with Gasteiger partial charge >= 0.3 is 38.0 Å². The molecule has 20 heteroatoms. The van der Waals surface area contributed by atoms with E-state index in [-0.39, 0.29) is 91.0 Å². The van der Waals surface area contributed by atoms with E-state index in [2.05, 4.69) is 0 Å². The van der Waals surface area contributed by atoms with Crippen LogP contribution in [0, 0.1) is 0 Å². The summed E-state index contributed by atoms with van der Waals surface area (Å²) in [6, 6.07) is 0. The van der Waals surface area contributed by atoms with E-state index in [0.717, 1.165) is 0 Å². The predicted molar refractivity (Wildman–Crippen MR) is 231 cm³/mol. The molecule has 0 aliphatic carbocycles. The van der Waals surface area contributed by atoms with Gasteiger partial charge in [-0.3, -0.25) is 22.8 Å². The smallest absolute Gasteiger partial charge is 0.309 e. The van der Waals surface area contributed by atoms with Crippen LogP contribution in [0.15, 0.2) is 0 Å². The van der Waals surface area contributed by atoms with Crippen molar-refractivity contribution in [3.8, 4) is 0 Å². The zero-order valence-electron chi connectivity index (χ0n) is 37.4. The molecule has 0 aliphatic heterocycles. The fourth-order valence-corrected chi connectivity index (χ4v) is 18.7. The third-order valence-electron chi connectivity index (χ3n) is 9.49. The van der Waals surface area contributed by atoms with Crippen LogP contribution < -0.4 is 0 Å². The summed E-state index contributed by atoms with van der Waals surface area (Å²) in [5.41, 5.74) is -3.24. The number of hydrogen-bond donors (Lipinski definition) is 0. The van der Waals surface area contributed by atoms with E-state index in [1.807, 2.05) is 6.92 Å². The van der Waals surface area contributed by atoms with Gasteiger partial charge < -0.3 is 45.2 Å². The lowest BCUT2D eigenvalue weighted by molar-refractivity contribution is 0.189. The lowest BCUT2D eigenvalue weighted by Crippen LogP contribution is -2.31. The van der Waals surface area contributed by atoms with Crippen LogP contribution >= 0.6 is 38.0 Å².